The Morgan fingerprint density at radius 2 is 2.06 bits per heavy atom. The van der Waals surface area contributed by atoms with Crippen LogP contribution < -0.4 is 5.32 Å². The summed E-state index contributed by atoms with van der Waals surface area (Å²) in [6, 6.07) is 0. The SMILES string of the molecule is CCCc1nc(CC)sc1CNCC(C)C. The van der Waals surface area contributed by atoms with Gasteiger partial charge in [-0.1, -0.05) is 34.1 Å². The first kappa shape index (κ1) is 13.7. The van der Waals surface area contributed by atoms with Gasteiger partial charge in [-0.05, 0) is 25.3 Å². The number of nitrogens with zero attached hydrogens (tertiary/aromatic N) is 1. The van der Waals surface area contributed by atoms with Crippen LogP contribution >= 0.6 is 11.3 Å². The van der Waals surface area contributed by atoms with Crippen LogP contribution in [0.25, 0.3) is 0 Å². The van der Waals surface area contributed by atoms with Gasteiger partial charge in [0.05, 0.1) is 10.7 Å². The molecule has 1 rings (SSSR count). The maximum absolute atomic E-state index is 4.69. The molecule has 0 saturated carbocycles. The van der Waals surface area contributed by atoms with Gasteiger partial charge >= 0.3 is 0 Å². The predicted molar refractivity (Wildman–Crippen MR) is 72.0 cm³/mol. The van der Waals surface area contributed by atoms with Crippen LogP contribution in [0.4, 0.5) is 0 Å². The van der Waals surface area contributed by atoms with Crippen LogP contribution in [0.2, 0.25) is 0 Å². The van der Waals surface area contributed by atoms with Crippen molar-refractivity contribution in [1.29, 1.82) is 0 Å². The van der Waals surface area contributed by atoms with Gasteiger partial charge in [0.1, 0.15) is 0 Å². The van der Waals surface area contributed by atoms with Crippen molar-refractivity contribution in [3.8, 4) is 0 Å². The van der Waals surface area contributed by atoms with Crippen LogP contribution in [0.3, 0.4) is 0 Å². The van der Waals surface area contributed by atoms with E-state index in [0.717, 1.165) is 25.9 Å². The Labute approximate surface area is 103 Å². The van der Waals surface area contributed by atoms with Crippen molar-refractivity contribution in [2.75, 3.05) is 6.54 Å². The van der Waals surface area contributed by atoms with E-state index in [4.69, 9.17) is 4.98 Å². The summed E-state index contributed by atoms with van der Waals surface area (Å²) < 4.78 is 0. The van der Waals surface area contributed by atoms with Crippen molar-refractivity contribution in [2.24, 2.45) is 5.92 Å². The summed E-state index contributed by atoms with van der Waals surface area (Å²) in [6.07, 6.45) is 3.37. The van der Waals surface area contributed by atoms with E-state index in [1.165, 1.54) is 22.0 Å². The zero-order valence-electron chi connectivity index (χ0n) is 11.0. The highest BCUT2D eigenvalue weighted by atomic mass is 32.1. The normalized spacial score (nSPS) is 11.3. The van der Waals surface area contributed by atoms with Crippen molar-refractivity contribution in [3.05, 3.63) is 15.6 Å². The number of hydrogen-bond acceptors (Lipinski definition) is 3. The van der Waals surface area contributed by atoms with Crippen molar-refractivity contribution < 1.29 is 0 Å². The molecule has 1 heterocycles. The quantitative estimate of drug-likeness (QED) is 0.790. The highest BCUT2D eigenvalue weighted by Gasteiger charge is 2.09. The highest BCUT2D eigenvalue weighted by molar-refractivity contribution is 7.11. The van der Waals surface area contributed by atoms with E-state index in [1.807, 2.05) is 11.3 Å². The van der Waals surface area contributed by atoms with E-state index >= 15 is 0 Å². The fourth-order valence-electron chi connectivity index (χ4n) is 1.63. The van der Waals surface area contributed by atoms with Crippen LogP contribution in [-0.4, -0.2) is 11.5 Å². The molecule has 0 saturated heterocycles. The molecule has 3 heteroatoms. The monoisotopic (exact) mass is 240 g/mol. The second-order valence-electron chi connectivity index (χ2n) is 4.61. The molecule has 0 atom stereocenters. The first-order valence-corrected chi connectivity index (χ1v) is 7.17. The van der Waals surface area contributed by atoms with E-state index < -0.39 is 0 Å². The number of nitrogens with one attached hydrogen (secondary N) is 1. The summed E-state index contributed by atoms with van der Waals surface area (Å²) in [5.41, 5.74) is 1.32. The Morgan fingerprint density at radius 1 is 1.31 bits per heavy atom. The number of aromatic nitrogens is 1. The standard InChI is InChI=1S/C13H24N2S/c1-5-7-11-12(9-14-8-10(3)4)16-13(6-2)15-11/h10,14H,5-9H2,1-4H3. The lowest BCUT2D eigenvalue weighted by Gasteiger charge is -2.06. The number of aryl methyl sites for hydroxylation is 2. The van der Waals surface area contributed by atoms with Gasteiger partial charge in [0.15, 0.2) is 0 Å². The first-order valence-electron chi connectivity index (χ1n) is 6.35. The fraction of sp³-hybridized carbons (Fsp3) is 0.769. The molecule has 92 valence electrons. The molecule has 0 aromatic carbocycles. The van der Waals surface area contributed by atoms with Crippen LogP contribution in [0.15, 0.2) is 0 Å². The maximum atomic E-state index is 4.69. The smallest absolute Gasteiger partial charge is 0.0928 e. The van der Waals surface area contributed by atoms with Gasteiger partial charge in [-0.3, -0.25) is 0 Å². The van der Waals surface area contributed by atoms with E-state index in [-0.39, 0.29) is 0 Å². The van der Waals surface area contributed by atoms with Gasteiger partial charge in [-0.25, -0.2) is 4.98 Å². The Bertz CT molecular complexity index is 305. The maximum Gasteiger partial charge on any atom is 0.0928 e. The Kier molecular flexibility index (Phi) is 5.99. The van der Waals surface area contributed by atoms with Gasteiger partial charge in [0.2, 0.25) is 0 Å². The Morgan fingerprint density at radius 3 is 2.62 bits per heavy atom. The summed E-state index contributed by atoms with van der Waals surface area (Å²) >= 11 is 1.88. The van der Waals surface area contributed by atoms with E-state index in [2.05, 4.69) is 33.0 Å². The molecule has 0 aliphatic rings. The molecule has 0 amide bonds. The molecular formula is C13H24N2S. The van der Waals surface area contributed by atoms with E-state index in [9.17, 15) is 0 Å². The third kappa shape index (κ3) is 4.22. The lowest BCUT2D eigenvalue weighted by molar-refractivity contribution is 0.553. The van der Waals surface area contributed by atoms with Crippen LogP contribution in [0.5, 0.6) is 0 Å². The van der Waals surface area contributed by atoms with E-state index in [0.29, 0.717) is 5.92 Å². The predicted octanol–water partition coefficient (Wildman–Crippen LogP) is 3.40. The summed E-state index contributed by atoms with van der Waals surface area (Å²) in [6.45, 7) is 11.0. The summed E-state index contributed by atoms with van der Waals surface area (Å²) in [7, 11) is 0. The third-order valence-electron chi connectivity index (χ3n) is 2.45. The Hall–Kier alpha value is -0.410. The van der Waals surface area contributed by atoms with E-state index in [1.54, 1.807) is 0 Å². The first-order chi connectivity index (χ1) is 7.67. The highest BCUT2D eigenvalue weighted by Crippen LogP contribution is 2.20. The molecule has 1 aromatic rings. The molecule has 1 aromatic heterocycles. The molecule has 0 radical (unpaired) electrons. The lowest BCUT2D eigenvalue weighted by Crippen LogP contribution is -2.19. The molecule has 0 spiro atoms. The average Bonchev–Trinajstić information content (AvgIpc) is 2.61. The molecule has 0 unspecified atom stereocenters. The lowest BCUT2D eigenvalue weighted by atomic mass is 10.2. The Balaban J connectivity index is 2.58. The molecule has 0 aliphatic carbocycles. The number of thiazole rings is 1. The molecule has 0 fully saturated rings. The molecule has 1 N–H and O–H groups in total. The number of rotatable bonds is 7. The van der Waals surface area contributed by atoms with Gasteiger partial charge in [0.25, 0.3) is 0 Å². The van der Waals surface area contributed by atoms with Crippen molar-refractivity contribution >= 4 is 11.3 Å². The molecule has 16 heavy (non-hydrogen) atoms. The minimum absolute atomic E-state index is 0.716. The largest absolute Gasteiger partial charge is 0.312 e. The van der Waals surface area contributed by atoms with Gasteiger partial charge in [-0.15, -0.1) is 11.3 Å². The van der Waals surface area contributed by atoms with Crippen LogP contribution in [0.1, 0.15) is 49.7 Å². The minimum atomic E-state index is 0.716. The van der Waals surface area contributed by atoms with Crippen molar-refractivity contribution in [1.82, 2.24) is 10.3 Å². The van der Waals surface area contributed by atoms with Gasteiger partial charge in [-0.2, -0.15) is 0 Å². The summed E-state index contributed by atoms with van der Waals surface area (Å²) in [5, 5.41) is 4.79. The fourth-order valence-corrected chi connectivity index (χ4v) is 2.66. The zero-order chi connectivity index (χ0) is 12.0. The van der Waals surface area contributed by atoms with Gasteiger partial charge in [0, 0.05) is 11.4 Å². The minimum Gasteiger partial charge on any atom is -0.312 e. The second kappa shape index (κ2) is 7.02. The third-order valence-corrected chi connectivity index (χ3v) is 3.69. The van der Waals surface area contributed by atoms with Crippen LogP contribution in [-0.2, 0) is 19.4 Å². The topological polar surface area (TPSA) is 24.9 Å². The number of hydrogen-bond donors (Lipinski definition) is 1. The molecule has 0 bridgehead atoms. The zero-order valence-corrected chi connectivity index (χ0v) is 11.8. The summed E-state index contributed by atoms with van der Waals surface area (Å²) in [5.74, 6) is 0.716. The van der Waals surface area contributed by atoms with Crippen molar-refractivity contribution in [2.45, 2.75) is 53.5 Å². The van der Waals surface area contributed by atoms with Gasteiger partial charge < -0.3 is 5.32 Å². The molecule has 0 aliphatic heterocycles. The van der Waals surface area contributed by atoms with Crippen molar-refractivity contribution in [3.63, 3.8) is 0 Å². The molecular weight excluding hydrogens is 216 g/mol. The molecule has 2 nitrogen and oxygen atoms in total. The second-order valence-corrected chi connectivity index (χ2v) is 5.77. The van der Waals surface area contributed by atoms with Crippen LogP contribution in [0, 0.1) is 5.92 Å². The summed E-state index contributed by atoms with van der Waals surface area (Å²) in [4.78, 5) is 6.14. The average molecular weight is 240 g/mol.